The molecule has 0 aliphatic heterocycles. The van der Waals surface area contributed by atoms with Gasteiger partial charge in [0.2, 0.25) is 5.91 Å². The quantitative estimate of drug-likeness (QED) is 0.760. The van der Waals surface area contributed by atoms with Gasteiger partial charge >= 0.3 is 6.03 Å². The molecule has 5 nitrogen and oxygen atoms in total. The highest BCUT2D eigenvalue weighted by atomic mass is 16.2. The van der Waals surface area contributed by atoms with E-state index >= 15 is 0 Å². The predicted octanol–water partition coefficient (Wildman–Crippen LogP) is 1.90. The third-order valence-electron chi connectivity index (χ3n) is 2.69. The Kier molecular flexibility index (Phi) is 5.85. The van der Waals surface area contributed by atoms with Crippen molar-refractivity contribution in [3.63, 3.8) is 0 Å². The number of benzene rings is 1. The molecule has 1 rings (SSSR count). The smallest absolute Gasteiger partial charge is 0.321 e. The Bertz CT molecular complexity index is 446. The summed E-state index contributed by atoms with van der Waals surface area (Å²) in [5.74, 6) is -0.354. The highest BCUT2D eigenvalue weighted by Gasteiger charge is 2.15. The summed E-state index contributed by atoms with van der Waals surface area (Å²) in [6, 6.07) is 6.92. The monoisotopic (exact) mass is 263 g/mol. The number of nitrogens with one attached hydrogen (secondary N) is 3. The Morgan fingerprint density at radius 1 is 1.26 bits per heavy atom. The van der Waals surface area contributed by atoms with E-state index in [1.54, 1.807) is 13.8 Å². The molecule has 1 aromatic rings. The Hall–Kier alpha value is -2.04. The molecular formula is C14H21N3O2. The van der Waals surface area contributed by atoms with E-state index < -0.39 is 12.1 Å². The van der Waals surface area contributed by atoms with Gasteiger partial charge in [-0.05, 0) is 38.0 Å². The molecule has 5 heteroatoms. The van der Waals surface area contributed by atoms with Crippen LogP contribution in [0.2, 0.25) is 0 Å². The van der Waals surface area contributed by atoms with E-state index in [2.05, 4.69) is 22.9 Å². The van der Waals surface area contributed by atoms with Gasteiger partial charge in [0, 0.05) is 12.2 Å². The molecule has 104 valence electrons. The molecule has 0 heterocycles. The van der Waals surface area contributed by atoms with Crippen LogP contribution in [0.1, 0.15) is 26.3 Å². The average Bonchev–Trinajstić information content (AvgIpc) is 2.39. The zero-order chi connectivity index (χ0) is 14.3. The lowest BCUT2D eigenvalue weighted by molar-refractivity contribution is -0.120. The highest BCUT2D eigenvalue weighted by molar-refractivity contribution is 5.97. The maximum absolute atomic E-state index is 11.8. The van der Waals surface area contributed by atoms with Gasteiger partial charge < -0.3 is 10.6 Å². The van der Waals surface area contributed by atoms with Gasteiger partial charge in [0.05, 0.1) is 0 Å². The van der Waals surface area contributed by atoms with Crippen molar-refractivity contribution < 1.29 is 9.59 Å². The summed E-state index contributed by atoms with van der Waals surface area (Å²) in [7, 11) is 0. The Morgan fingerprint density at radius 3 is 2.63 bits per heavy atom. The average molecular weight is 263 g/mol. The summed E-state index contributed by atoms with van der Waals surface area (Å²) in [6.07, 6.45) is 0.939. The fourth-order valence-corrected chi connectivity index (χ4v) is 1.62. The second-order valence-electron chi connectivity index (χ2n) is 4.27. The standard InChI is InChI=1S/C14H21N3O2/c1-4-11-7-6-8-12(9-11)16-10(3)13(18)17-14(19)15-5-2/h6-10,16H,4-5H2,1-3H3,(H2,15,17,18,19). The van der Waals surface area contributed by atoms with E-state index in [9.17, 15) is 9.59 Å². The van der Waals surface area contributed by atoms with Crippen molar-refractivity contribution in [2.24, 2.45) is 0 Å². The van der Waals surface area contributed by atoms with Crippen LogP contribution in [0.25, 0.3) is 0 Å². The molecule has 0 saturated heterocycles. The number of imide groups is 1. The topological polar surface area (TPSA) is 70.2 Å². The van der Waals surface area contributed by atoms with E-state index in [4.69, 9.17) is 0 Å². The molecular weight excluding hydrogens is 242 g/mol. The van der Waals surface area contributed by atoms with Gasteiger partial charge in [-0.1, -0.05) is 19.1 Å². The van der Waals surface area contributed by atoms with E-state index in [1.165, 1.54) is 5.56 Å². The Labute approximate surface area is 113 Å². The van der Waals surface area contributed by atoms with Crippen LogP contribution in [0, 0.1) is 0 Å². The first-order valence-corrected chi connectivity index (χ1v) is 6.51. The van der Waals surface area contributed by atoms with E-state index in [1.807, 2.05) is 24.3 Å². The van der Waals surface area contributed by atoms with E-state index in [0.29, 0.717) is 6.54 Å². The van der Waals surface area contributed by atoms with Gasteiger partial charge in [-0.25, -0.2) is 4.79 Å². The minimum absolute atomic E-state index is 0.354. The second-order valence-corrected chi connectivity index (χ2v) is 4.27. The van der Waals surface area contributed by atoms with E-state index in [-0.39, 0.29) is 5.91 Å². The number of urea groups is 1. The number of carbonyl (C=O) groups is 2. The Morgan fingerprint density at radius 2 is 2.00 bits per heavy atom. The molecule has 3 N–H and O–H groups in total. The van der Waals surface area contributed by atoms with Crippen LogP contribution in [0.3, 0.4) is 0 Å². The molecule has 19 heavy (non-hydrogen) atoms. The van der Waals surface area contributed by atoms with E-state index in [0.717, 1.165) is 12.1 Å². The summed E-state index contributed by atoms with van der Waals surface area (Å²) >= 11 is 0. The van der Waals surface area contributed by atoms with Crippen LogP contribution in [0.5, 0.6) is 0 Å². The summed E-state index contributed by atoms with van der Waals surface area (Å²) in [5, 5.41) is 7.86. The van der Waals surface area contributed by atoms with Crippen LogP contribution >= 0.6 is 0 Å². The predicted molar refractivity (Wildman–Crippen MR) is 76.1 cm³/mol. The molecule has 0 spiro atoms. The highest BCUT2D eigenvalue weighted by Crippen LogP contribution is 2.12. The maximum Gasteiger partial charge on any atom is 0.321 e. The molecule has 0 aliphatic rings. The third kappa shape index (κ3) is 4.99. The molecule has 1 unspecified atom stereocenters. The van der Waals surface area contributed by atoms with Gasteiger partial charge in [-0.15, -0.1) is 0 Å². The van der Waals surface area contributed by atoms with Crippen molar-refractivity contribution >= 4 is 17.6 Å². The molecule has 0 radical (unpaired) electrons. The Balaban J connectivity index is 2.55. The van der Waals surface area contributed by atoms with Crippen LogP contribution in [-0.4, -0.2) is 24.5 Å². The SMILES string of the molecule is CCNC(=O)NC(=O)C(C)Nc1cccc(CC)c1. The number of hydrogen-bond donors (Lipinski definition) is 3. The number of rotatable bonds is 5. The molecule has 0 fully saturated rings. The zero-order valence-electron chi connectivity index (χ0n) is 11.6. The maximum atomic E-state index is 11.8. The molecule has 0 aromatic heterocycles. The third-order valence-corrected chi connectivity index (χ3v) is 2.69. The lowest BCUT2D eigenvalue weighted by Gasteiger charge is -2.15. The number of aryl methyl sites for hydroxylation is 1. The van der Waals surface area contributed by atoms with Crippen LogP contribution in [0.15, 0.2) is 24.3 Å². The van der Waals surface area contributed by atoms with Crippen LogP contribution < -0.4 is 16.0 Å². The largest absolute Gasteiger partial charge is 0.374 e. The fourth-order valence-electron chi connectivity index (χ4n) is 1.62. The van der Waals surface area contributed by atoms with Gasteiger partial charge in [0.25, 0.3) is 0 Å². The zero-order valence-corrected chi connectivity index (χ0v) is 11.6. The normalized spacial score (nSPS) is 11.5. The van der Waals surface area contributed by atoms with Gasteiger partial charge in [-0.3, -0.25) is 10.1 Å². The first-order valence-electron chi connectivity index (χ1n) is 6.51. The lowest BCUT2D eigenvalue weighted by atomic mass is 10.1. The first kappa shape index (κ1) is 15.0. The summed E-state index contributed by atoms with van der Waals surface area (Å²) < 4.78 is 0. The lowest BCUT2D eigenvalue weighted by Crippen LogP contribution is -2.45. The van der Waals surface area contributed by atoms with Crippen LogP contribution in [-0.2, 0) is 11.2 Å². The number of anilines is 1. The molecule has 1 atom stereocenters. The van der Waals surface area contributed by atoms with Crippen molar-refractivity contribution in [3.05, 3.63) is 29.8 Å². The molecule has 0 saturated carbocycles. The molecule has 0 bridgehead atoms. The van der Waals surface area contributed by atoms with Crippen molar-refractivity contribution in [1.82, 2.24) is 10.6 Å². The van der Waals surface area contributed by atoms with Gasteiger partial charge in [0.1, 0.15) is 6.04 Å². The molecule has 1 aromatic carbocycles. The minimum atomic E-state index is -0.477. The van der Waals surface area contributed by atoms with Crippen molar-refractivity contribution in [3.8, 4) is 0 Å². The summed E-state index contributed by atoms with van der Waals surface area (Å²) in [5.41, 5.74) is 2.07. The van der Waals surface area contributed by atoms with Crippen molar-refractivity contribution in [2.45, 2.75) is 33.2 Å². The second kappa shape index (κ2) is 7.41. The first-order chi connectivity index (χ1) is 9.06. The number of amides is 3. The molecule has 0 aliphatic carbocycles. The van der Waals surface area contributed by atoms with Crippen LogP contribution in [0.4, 0.5) is 10.5 Å². The number of hydrogen-bond acceptors (Lipinski definition) is 3. The fraction of sp³-hybridized carbons (Fsp3) is 0.429. The minimum Gasteiger partial charge on any atom is -0.374 e. The van der Waals surface area contributed by atoms with Crippen molar-refractivity contribution in [1.29, 1.82) is 0 Å². The van der Waals surface area contributed by atoms with Crippen molar-refractivity contribution in [2.75, 3.05) is 11.9 Å². The number of carbonyl (C=O) groups excluding carboxylic acids is 2. The van der Waals surface area contributed by atoms with Gasteiger partial charge in [0.15, 0.2) is 0 Å². The van der Waals surface area contributed by atoms with Gasteiger partial charge in [-0.2, -0.15) is 0 Å². The summed E-state index contributed by atoms with van der Waals surface area (Å²) in [6.45, 7) is 6.07. The summed E-state index contributed by atoms with van der Waals surface area (Å²) in [4.78, 5) is 23.0. The molecule has 3 amide bonds.